The molecule has 0 bridgehead atoms. The number of carbonyl (C=O) groups excluding carboxylic acids is 3. The number of rotatable bonds is 59. The highest BCUT2D eigenvalue weighted by Gasteiger charge is 2.22. The second-order valence-electron chi connectivity index (χ2n) is 22.7. The van der Waals surface area contributed by atoms with Gasteiger partial charge in [-0.2, -0.15) is 0 Å². The van der Waals surface area contributed by atoms with E-state index in [1.54, 1.807) is 0 Å². The van der Waals surface area contributed by atoms with E-state index >= 15 is 0 Å². The summed E-state index contributed by atoms with van der Waals surface area (Å²) in [5, 5.41) is 11.8. The lowest BCUT2D eigenvalue weighted by atomic mass is 10.0. The van der Waals surface area contributed by atoms with E-state index in [0.717, 1.165) is 51.4 Å². The van der Waals surface area contributed by atoms with E-state index in [4.69, 9.17) is 18.9 Å². The minimum atomic E-state index is -1.62. The van der Waals surface area contributed by atoms with Crippen molar-refractivity contribution < 1.29 is 42.9 Å². The van der Waals surface area contributed by atoms with Crippen LogP contribution < -0.4 is 5.11 Å². The number of carboxylic acid groups (broad SMARTS) is 1. The Labute approximate surface area is 452 Å². The van der Waals surface area contributed by atoms with Gasteiger partial charge < -0.3 is 33.3 Å². The number of aliphatic carboxylic acids is 1. The topological polar surface area (TPSA) is 111 Å². The standard InChI is InChI=1S/C64H121NO8/c1-6-8-10-12-14-16-18-20-22-24-26-27-28-29-30-31-32-33-34-35-37-38-40-42-44-46-48-50-52-54-61(66)71-58-60(59-72-64(63(68)69)70-57-56-65(3,4)5)73-62(67)55-53-51-49-47-45-43-41-39-36-25-23-21-19-17-15-13-11-9-7-2/h15,17,21,23,60,64H,6-14,16,18-20,22,24-59H2,1-5H3/b17-15-,23-21-. The van der Waals surface area contributed by atoms with Crippen molar-refractivity contribution in [2.75, 3.05) is 47.5 Å². The van der Waals surface area contributed by atoms with Crippen molar-refractivity contribution in [2.24, 2.45) is 0 Å². The number of allylic oxidation sites excluding steroid dienone is 4. The summed E-state index contributed by atoms with van der Waals surface area (Å²) < 4.78 is 22.7. The van der Waals surface area contributed by atoms with Gasteiger partial charge in [-0.1, -0.05) is 276 Å². The lowest BCUT2D eigenvalue weighted by Gasteiger charge is -2.26. The maximum Gasteiger partial charge on any atom is 0.306 e. The number of hydrogen-bond acceptors (Lipinski definition) is 8. The Balaban J connectivity index is 4.10. The monoisotopic (exact) mass is 1030 g/mol. The first-order valence-electron chi connectivity index (χ1n) is 31.5. The highest BCUT2D eigenvalue weighted by molar-refractivity contribution is 5.70. The summed E-state index contributed by atoms with van der Waals surface area (Å²) in [6, 6.07) is 0. The van der Waals surface area contributed by atoms with Crippen LogP contribution in [0.5, 0.6) is 0 Å². The molecule has 0 aliphatic heterocycles. The predicted molar refractivity (Wildman–Crippen MR) is 306 cm³/mol. The van der Waals surface area contributed by atoms with Crippen LogP contribution in [0.2, 0.25) is 0 Å². The van der Waals surface area contributed by atoms with E-state index in [9.17, 15) is 19.5 Å². The molecular weight excluding hydrogens is 911 g/mol. The Bertz CT molecular complexity index is 1250. The van der Waals surface area contributed by atoms with Crippen LogP contribution in [0.4, 0.5) is 0 Å². The van der Waals surface area contributed by atoms with Gasteiger partial charge in [0.25, 0.3) is 0 Å². The number of carbonyl (C=O) groups is 3. The van der Waals surface area contributed by atoms with Crippen LogP contribution in [-0.2, 0) is 33.3 Å². The summed E-state index contributed by atoms with van der Waals surface area (Å²) in [6.45, 7) is 4.77. The molecule has 0 N–H and O–H groups in total. The first kappa shape index (κ1) is 70.8. The van der Waals surface area contributed by atoms with E-state index in [0.29, 0.717) is 23.9 Å². The fourth-order valence-corrected chi connectivity index (χ4v) is 9.33. The zero-order valence-corrected chi connectivity index (χ0v) is 49.0. The van der Waals surface area contributed by atoms with Gasteiger partial charge >= 0.3 is 11.9 Å². The van der Waals surface area contributed by atoms with Crippen molar-refractivity contribution in [1.82, 2.24) is 0 Å². The van der Waals surface area contributed by atoms with Gasteiger partial charge in [-0.15, -0.1) is 0 Å². The number of hydrogen-bond donors (Lipinski definition) is 0. The molecule has 9 heteroatoms. The number of unbranched alkanes of at least 4 members (excludes halogenated alkanes) is 40. The molecule has 0 saturated carbocycles. The lowest BCUT2D eigenvalue weighted by molar-refractivity contribution is -0.870. The highest BCUT2D eigenvalue weighted by atomic mass is 16.7. The number of ether oxygens (including phenoxy) is 4. The number of nitrogens with zero attached hydrogens (tertiary/aromatic N) is 1. The molecule has 0 spiro atoms. The largest absolute Gasteiger partial charge is 0.545 e. The molecule has 2 atom stereocenters. The second-order valence-corrected chi connectivity index (χ2v) is 22.7. The van der Waals surface area contributed by atoms with Crippen LogP contribution in [0.3, 0.4) is 0 Å². The summed E-state index contributed by atoms with van der Waals surface area (Å²) in [6.07, 6.45) is 63.9. The van der Waals surface area contributed by atoms with Gasteiger partial charge in [0.05, 0.1) is 40.3 Å². The molecule has 0 amide bonds. The number of esters is 2. The third-order valence-corrected chi connectivity index (χ3v) is 14.2. The summed E-state index contributed by atoms with van der Waals surface area (Å²) in [5.74, 6) is -2.27. The van der Waals surface area contributed by atoms with Crippen molar-refractivity contribution >= 4 is 17.9 Å². The average Bonchev–Trinajstić information content (AvgIpc) is 3.36. The Morgan fingerprint density at radius 1 is 0.411 bits per heavy atom. The number of carboxylic acids is 1. The van der Waals surface area contributed by atoms with Crippen molar-refractivity contribution in [2.45, 2.75) is 322 Å². The van der Waals surface area contributed by atoms with Gasteiger partial charge in [0.15, 0.2) is 12.4 Å². The molecule has 0 aromatic rings. The maximum atomic E-state index is 12.9. The van der Waals surface area contributed by atoms with Gasteiger partial charge in [0.1, 0.15) is 13.2 Å². The lowest BCUT2D eigenvalue weighted by Crippen LogP contribution is -2.44. The van der Waals surface area contributed by atoms with E-state index in [1.165, 1.54) is 225 Å². The van der Waals surface area contributed by atoms with Crippen molar-refractivity contribution in [1.29, 1.82) is 0 Å². The Morgan fingerprint density at radius 2 is 0.740 bits per heavy atom. The maximum absolute atomic E-state index is 12.9. The molecule has 0 heterocycles. The third kappa shape index (κ3) is 57.3. The van der Waals surface area contributed by atoms with Crippen LogP contribution in [-0.4, -0.2) is 82.3 Å². The van der Waals surface area contributed by atoms with Crippen LogP contribution >= 0.6 is 0 Å². The van der Waals surface area contributed by atoms with E-state index < -0.39 is 24.3 Å². The predicted octanol–water partition coefficient (Wildman–Crippen LogP) is 17.4. The fraction of sp³-hybridized carbons (Fsp3) is 0.891. The Morgan fingerprint density at radius 3 is 1.11 bits per heavy atom. The minimum Gasteiger partial charge on any atom is -0.545 e. The summed E-state index contributed by atoms with van der Waals surface area (Å²) in [4.78, 5) is 37.3. The van der Waals surface area contributed by atoms with E-state index in [1.807, 2.05) is 21.1 Å². The minimum absolute atomic E-state index is 0.149. The number of quaternary nitrogens is 1. The molecule has 0 rings (SSSR count). The highest BCUT2D eigenvalue weighted by Crippen LogP contribution is 2.18. The second kappa shape index (κ2) is 56.0. The molecule has 0 aromatic heterocycles. The molecule has 430 valence electrons. The van der Waals surface area contributed by atoms with Crippen LogP contribution in [0.25, 0.3) is 0 Å². The summed E-state index contributed by atoms with van der Waals surface area (Å²) >= 11 is 0. The first-order chi connectivity index (χ1) is 35.6. The smallest absolute Gasteiger partial charge is 0.306 e. The molecule has 2 unspecified atom stereocenters. The molecule has 0 aliphatic rings. The van der Waals surface area contributed by atoms with Crippen LogP contribution in [0.15, 0.2) is 24.3 Å². The average molecular weight is 1030 g/mol. The van der Waals surface area contributed by atoms with Crippen molar-refractivity contribution in [3.05, 3.63) is 24.3 Å². The molecular formula is C64H121NO8. The number of likely N-dealkylation sites (N-methyl/N-ethyl adjacent to an activating group) is 1. The summed E-state index contributed by atoms with van der Waals surface area (Å²) in [5.41, 5.74) is 0. The van der Waals surface area contributed by atoms with Gasteiger partial charge in [-0.05, 0) is 44.9 Å². The third-order valence-electron chi connectivity index (χ3n) is 14.2. The van der Waals surface area contributed by atoms with Gasteiger partial charge in [-0.25, -0.2) is 0 Å². The molecule has 9 nitrogen and oxygen atoms in total. The molecule has 0 aliphatic carbocycles. The molecule has 0 saturated heterocycles. The SMILES string of the molecule is CCCCC/C=C\C/C=C\CCCCCCCCCCCC(=O)OC(COC(=O)CCCCCCCCCCCCCCCCCCCCCCCCCCCCCCC)COC(OCC[N+](C)(C)C)C(=O)[O-]. The van der Waals surface area contributed by atoms with E-state index in [-0.39, 0.29) is 32.2 Å². The van der Waals surface area contributed by atoms with Crippen LogP contribution in [0, 0.1) is 0 Å². The zero-order chi connectivity index (χ0) is 53.4. The summed E-state index contributed by atoms with van der Waals surface area (Å²) in [7, 11) is 5.93. The van der Waals surface area contributed by atoms with Crippen molar-refractivity contribution in [3.63, 3.8) is 0 Å². The van der Waals surface area contributed by atoms with Crippen molar-refractivity contribution in [3.8, 4) is 0 Å². The Kier molecular flexibility index (Phi) is 54.3. The van der Waals surface area contributed by atoms with Crippen LogP contribution in [0.1, 0.15) is 309 Å². The quantitative estimate of drug-likeness (QED) is 0.0195. The van der Waals surface area contributed by atoms with Gasteiger partial charge in [0, 0.05) is 12.8 Å². The Hall–Kier alpha value is -2.23. The van der Waals surface area contributed by atoms with E-state index in [2.05, 4.69) is 38.2 Å². The molecule has 0 aromatic carbocycles. The van der Waals surface area contributed by atoms with Gasteiger partial charge in [-0.3, -0.25) is 9.59 Å². The van der Waals surface area contributed by atoms with Gasteiger partial charge in [0.2, 0.25) is 0 Å². The first-order valence-corrected chi connectivity index (χ1v) is 31.5. The fourth-order valence-electron chi connectivity index (χ4n) is 9.33. The molecule has 0 radical (unpaired) electrons. The molecule has 73 heavy (non-hydrogen) atoms. The zero-order valence-electron chi connectivity index (χ0n) is 49.0. The normalized spacial score (nSPS) is 12.8. The molecule has 0 fully saturated rings.